The number of hydrogen-bond donors (Lipinski definition) is 0. The van der Waals surface area contributed by atoms with Gasteiger partial charge in [0.2, 0.25) is 5.89 Å². The molecule has 0 aliphatic carbocycles. The van der Waals surface area contributed by atoms with E-state index < -0.39 is 0 Å². The minimum Gasteiger partial charge on any atom is -0.459 e. The second-order valence-electron chi connectivity index (χ2n) is 5.88. The second kappa shape index (κ2) is 6.83. The third-order valence-electron chi connectivity index (χ3n) is 4.28. The molecule has 0 unspecified atom stereocenters. The Bertz CT molecular complexity index is 773. The summed E-state index contributed by atoms with van der Waals surface area (Å²) in [6.07, 6.45) is 1.61. The molecule has 0 amide bonds. The van der Waals surface area contributed by atoms with E-state index in [1.54, 1.807) is 6.26 Å². The summed E-state index contributed by atoms with van der Waals surface area (Å²) in [5.41, 5.74) is 1.34. The van der Waals surface area contributed by atoms with E-state index in [0.29, 0.717) is 35.4 Å². The van der Waals surface area contributed by atoms with Gasteiger partial charge in [-0.05, 0) is 17.7 Å². The maximum absolute atomic E-state index is 5.79. The number of aromatic nitrogens is 2. The maximum Gasteiger partial charge on any atom is 0.283 e. The van der Waals surface area contributed by atoms with Gasteiger partial charge in [0, 0.05) is 23.6 Å². The van der Waals surface area contributed by atoms with E-state index >= 15 is 0 Å². The average molecular weight is 341 g/mol. The quantitative estimate of drug-likeness (QED) is 0.715. The molecule has 124 valence electrons. The lowest BCUT2D eigenvalue weighted by Gasteiger charge is -2.39. The molecule has 24 heavy (non-hydrogen) atoms. The molecule has 0 radical (unpaired) electrons. The van der Waals surface area contributed by atoms with Crippen LogP contribution in [0.5, 0.6) is 0 Å². The van der Waals surface area contributed by atoms with Crippen molar-refractivity contribution in [1.29, 1.82) is 0 Å². The zero-order valence-electron chi connectivity index (χ0n) is 13.5. The van der Waals surface area contributed by atoms with Crippen LogP contribution >= 0.6 is 11.8 Å². The molecule has 0 N–H and O–H groups in total. The van der Waals surface area contributed by atoms with Crippen molar-refractivity contribution in [3.05, 3.63) is 60.2 Å². The first-order valence-corrected chi connectivity index (χ1v) is 9.13. The smallest absolute Gasteiger partial charge is 0.283 e. The molecular formula is C18H19N3O2S. The van der Waals surface area contributed by atoms with Crippen molar-refractivity contribution >= 4 is 11.8 Å². The Balaban J connectivity index is 1.56. The molecular weight excluding hydrogens is 322 g/mol. The number of nitrogens with zero attached hydrogens (tertiary/aromatic N) is 3. The van der Waals surface area contributed by atoms with Gasteiger partial charge >= 0.3 is 0 Å². The van der Waals surface area contributed by atoms with Gasteiger partial charge in [0.15, 0.2) is 5.76 Å². The van der Waals surface area contributed by atoms with Crippen LogP contribution in [0, 0.1) is 0 Å². The van der Waals surface area contributed by atoms with Crippen molar-refractivity contribution in [2.24, 2.45) is 0 Å². The lowest BCUT2D eigenvalue weighted by Crippen LogP contribution is -2.39. The summed E-state index contributed by atoms with van der Waals surface area (Å²) in [6, 6.07) is 14.6. The lowest BCUT2D eigenvalue weighted by atomic mass is 10.0. The van der Waals surface area contributed by atoms with Crippen molar-refractivity contribution in [1.82, 2.24) is 15.1 Å². The normalized spacial score (nSPS) is 21.9. The number of hydrogen-bond acceptors (Lipinski definition) is 6. The minimum atomic E-state index is 0.351. The van der Waals surface area contributed by atoms with Crippen LogP contribution in [0.25, 0.3) is 11.7 Å². The molecule has 1 aliphatic heterocycles. The summed E-state index contributed by atoms with van der Waals surface area (Å²) in [4.78, 5) is 2.43. The van der Waals surface area contributed by atoms with Gasteiger partial charge in [0.05, 0.1) is 12.8 Å². The molecule has 1 aromatic carbocycles. The first-order valence-electron chi connectivity index (χ1n) is 8.08. The SMILES string of the molecule is C[C@H]1SCCN(Cc2nnc(-c3ccco3)o2)[C@H]1c1ccccc1. The van der Waals surface area contributed by atoms with Crippen molar-refractivity contribution in [3.8, 4) is 11.7 Å². The Hall–Kier alpha value is -2.05. The van der Waals surface area contributed by atoms with E-state index in [0.717, 1.165) is 12.3 Å². The standard InChI is InChI=1S/C18H19N3O2S/c1-13-17(14-6-3-2-4-7-14)21(9-11-24-13)12-16-19-20-18(23-16)15-8-5-10-22-15/h2-8,10,13,17H,9,11-12H2,1H3/t13-,17-/m1/s1. The Morgan fingerprint density at radius 3 is 2.83 bits per heavy atom. The van der Waals surface area contributed by atoms with Gasteiger partial charge in [-0.3, -0.25) is 4.90 Å². The highest BCUT2D eigenvalue weighted by Gasteiger charge is 2.31. The fraction of sp³-hybridized carbons (Fsp3) is 0.333. The van der Waals surface area contributed by atoms with Gasteiger partial charge in [0.25, 0.3) is 5.89 Å². The molecule has 0 spiro atoms. The summed E-state index contributed by atoms with van der Waals surface area (Å²) in [7, 11) is 0. The van der Waals surface area contributed by atoms with Gasteiger partial charge in [0.1, 0.15) is 0 Å². The summed E-state index contributed by atoms with van der Waals surface area (Å²) >= 11 is 2.02. The van der Waals surface area contributed by atoms with Gasteiger partial charge in [-0.25, -0.2) is 0 Å². The molecule has 5 nitrogen and oxygen atoms in total. The lowest BCUT2D eigenvalue weighted by molar-refractivity contribution is 0.174. The van der Waals surface area contributed by atoms with Crippen LogP contribution in [0.3, 0.4) is 0 Å². The van der Waals surface area contributed by atoms with Crippen molar-refractivity contribution in [2.45, 2.75) is 24.8 Å². The van der Waals surface area contributed by atoms with Crippen LogP contribution < -0.4 is 0 Å². The van der Waals surface area contributed by atoms with Gasteiger partial charge in [-0.1, -0.05) is 37.3 Å². The molecule has 6 heteroatoms. The molecule has 3 aromatic rings. The molecule has 3 heterocycles. The van der Waals surface area contributed by atoms with E-state index in [9.17, 15) is 0 Å². The molecule has 1 aliphatic rings. The van der Waals surface area contributed by atoms with E-state index in [1.165, 1.54) is 5.56 Å². The highest BCUT2D eigenvalue weighted by molar-refractivity contribution is 8.00. The Morgan fingerprint density at radius 1 is 1.17 bits per heavy atom. The number of benzene rings is 1. The second-order valence-corrected chi connectivity index (χ2v) is 7.37. The number of furan rings is 1. The highest BCUT2D eigenvalue weighted by Crippen LogP contribution is 2.36. The fourth-order valence-electron chi connectivity index (χ4n) is 3.18. The Morgan fingerprint density at radius 2 is 2.04 bits per heavy atom. The topological polar surface area (TPSA) is 55.3 Å². The van der Waals surface area contributed by atoms with E-state index in [-0.39, 0.29) is 0 Å². The summed E-state index contributed by atoms with van der Waals surface area (Å²) in [6.45, 7) is 3.95. The molecule has 1 saturated heterocycles. The third kappa shape index (κ3) is 3.12. The third-order valence-corrected chi connectivity index (χ3v) is 5.48. The van der Waals surface area contributed by atoms with Crippen LogP contribution in [-0.2, 0) is 6.54 Å². The largest absolute Gasteiger partial charge is 0.459 e. The first-order chi connectivity index (χ1) is 11.8. The van der Waals surface area contributed by atoms with Gasteiger partial charge in [-0.2, -0.15) is 11.8 Å². The monoisotopic (exact) mass is 341 g/mol. The van der Waals surface area contributed by atoms with Crippen molar-refractivity contribution in [3.63, 3.8) is 0 Å². The van der Waals surface area contributed by atoms with Crippen LogP contribution in [0.15, 0.2) is 57.6 Å². The molecule has 1 fully saturated rings. The molecule has 2 atom stereocenters. The van der Waals surface area contributed by atoms with Gasteiger partial charge < -0.3 is 8.83 Å². The van der Waals surface area contributed by atoms with Crippen LogP contribution in [0.1, 0.15) is 24.4 Å². The van der Waals surface area contributed by atoms with Crippen molar-refractivity contribution in [2.75, 3.05) is 12.3 Å². The van der Waals surface area contributed by atoms with Gasteiger partial charge in [-0.15, -0.1) is 10.2 Å². The van der Waals surface area contributed by atoms with Crippen LogP contribution in [0.2, 0.25) is 0 Å². The average Bonchev–Trinajstić information content (AvgIpc) is 3.27. The molecule has 2 aromatic heterocycles. The maximum atomic E-state index is 5.79. The molecule has 4 rings (SSSR count). The zero-order chi connectivity index (χ0) is 16.4. The van der Waals surface area contributed by atoms with Crippen LogP contribution in [0.4, 0.5) is 0 Å². The van der Waals surface area contributed by atoms with Crippen molar-refractivity contribution < 1.29 is 8.83 Å². The fourth-order valence-corrected chi connectivity index (χ4v) is 4.41. The Labute approximate surface area is 145 Å². The summed E-state index contributed by atoms with van der Waals surface area (Å²) < 4.78 is 11.1. The summed E-state index contributed by atoms with van der Waals surface area (Å²) in [5, 5.41) is 8.81. The predicted octanol–water partition coefficient (Wildman–Crippen LogP) is 4.01. The summed E-state index contributed by atoms with van der Waals surface area (Å²) in [5.74, 6) is 2.78. The van der Waals surface area contributed by atoms with E-state index in [1.807, 2.05) is 23.9 Å². The van der Waals surface area contributed by atoms with E-state index in [2.05, 4.69) is 52.4 Å². The Kier molecular flexibility index (Phi) is 4.40. The number of rotatable bonds is 4. The predicted molar refractivity (Wildman–Crippen MR) is 93.5 cm³/mol. The van der Waals surface area contributed by atoms with E-state index in [4.69, 9.17) is 8.83 Å². The number of thioether (sulfide) groups is 1. The van der Waals surface area contributed by atoms with Crippen LogP contribution in [-0.4, -0.2) is 32.6 Å². The molecule has 0 saturated carbocycles. The molecule has 0 bridgehead atoms. The zero-order valence-corrected chi connectivity index (χ0v) is 14.3. The highest BCUT2D eigenvalue weighted by atomic mass is 32.2. The first kappa shape index (κ1) is 15.5. The minimum absolute atomic E-state index is 0.351.